The molecule has 2 aromatic heterocycles. The van der Waals surface area contributed by atoms with E-state index in [4.69, 9.17) is 10.5 Å². The van der Waals surface area contributed by atoms with E-state index in [1.54, 1.807) is 4.40 Å². The highest BCUT2D eigenvalue weighted by Crippen LogP contribution is 2.41. The lowest BCUT2D eigenvalue weighted by molar-refractivity contribution is -0.0500. The van der Waals surface area contributed by atoms with Crippen LogP contribution in [0.2, 0.25) is 0 Å². The largest absolute Gasteiger partial charge is 0.490 e. The van der Waals surface area contributed by atoms with E-state index >= 15 is 0 Å². The number of imidazole rings is 1. The van der Waals surface area contributed by atoms with Crippen LogP contribution in [0.1, 0.15) is 22.0 Å². The first kappa shape index (κ1) is 20.8. The number of alkyl halides is 2. The minimum Gasteiger partial charge on any atom is -0.490 e. The summed E-state index contributed by atoms with van der Waals surface area (Å²) in [5, 5.41) is 0. The van der Waals surface area contributed by atoms with Crippen molar-refractivity contribution >= 4 is 28.3 Å². The third-order valence-electron chi connectivity index (χ3n) is 5.50. The summed E-state index contributed by atoms with van der Waals surface area (Å²) in [4.78, 5) is 22.5. The Morgan fingerprint density at radius 2 is 2.03 bits per heavy atom. The maximum absolute atomic E-state index is 14.9. The molecule has 1 amide bonds. The molecule has 1 atom stereocenters. The molecule has 3 heterocycles. The molecule has 12 heteroatoms. The number of hydrogen-bond acceptors (Lipinski definition) is 6. The Labute approximate surface area is 183 Å². The molecule has 0 fully saturated rings. The van der Waals surface area contributed by atoms with E-state index in [0.29, 0.717) is 11.0 Å². The summed E-state index contributed by atoms with van der Waals surface area (Å²) in [6.45, 7) is -3.28. The van der Waals surface area contributed by atoms with Crippen molar-refractivity contribution < 1.29 is 31.8 Å². The van der Waals surface area contributed by atoms with Crippen molar-refractivity contribution in [2.24, 2.45) is 0 Å². The van der Waals surface area contributed by atoms with Gasteiger partial charge in [-0.25, -0.2) is 18.7 Å². The average molecular weight is 461 g/mol. The Balaban J connectivity index is 1.52. The Hall–Kier alpha value is -4.09. The van der Waals surface area contributed by atoms with Crippen LogP contribution in [0.3, 0.4) is 0 Å². The molecule has 0 spiro atoms. The van der Waals surface area contributed by atoms with Crippen LogP contribution in [0.15, 0.2) is 36.8 Å². The molecule has 1 aliphatic heterocycles. The van der Waals surface area contributed by atoms with E-state index in [2.05, 4.69) is 14.7 Å². The Bertz CT molecular complexity index is 1420. The van der Waals surface area contributed by atoms with Crippen LogP contribution in [-0.2, 0) is 0 Å². The molecule has 4 aromatic rings. The van der Waals surface area contributed by atoms with Crippen LogP contribution in [-0.4, -0.2) is 45.4 Å². The second-order valence-corrected chi connectivity index (χ2v) is 7.40. The van der Waals surface area contributed by atoms with E-state index in [0.717, 1.165) is 23.1 Å². The van der Waals surface area contributed by atoms with Crippen molar-refractivity contribution in [1.29, 1.82) is 0 Å². The molecular weight excluding hydrogens is 446 g/mol. The molecule has 8 nitrogen and oxygen atoms in total. The minimum absolute atomic E-state index is 0.0138. The predicted molar refractivity (Wildman–Crippen MR) is 108 cm³/mol. The number of nitrogens with two attached hydrogens (primary N) is 1. The SMILES string of the molecule is CN(C(=O)c1cc2c(cc1F)nc(N)c1cncn12)[C@@H]1COc2cc(OC(F)F)cc(F)c21. The second-order valence-electron chi connectivity index (χ2n) is 7.40. The molecule has 1 aliphatic rings. The Morgan fingerprint density at radius 1 is 1.24 bits per heavy atom. The van der Waals surface area contributed by atoms with Gasteiger partial charge in [0.2, 0.25) is 0 Å². The van der Waals surface area contributed by atoms with Crippen molar-refractivity contribution in [3.8, 4) is 11.5 Å². The molecule has 2 N–H and O–H groups in total. The fourth-order valence-electron chi connectivity index (χ4n) is 3.93. The molecule has 5 rings (SSSR count). The van der Waals surface area contributed by atoms with Crippen LogP contribution >= 0.6 is 0 Å². The molecule has 0 bridgehead atoms. The predicted octanol–water partition coefficient (Wildman–Crippen LogP) is 3.55. The third-order valence-corrected chi connectivity index (χ3v) is 5.50. The molecular formula is C21H15F4N5O3. The summed E-state index contributed by atoms with van der Waals surface area (Å²) in [6, 6.07) is 3.39. The topological polar surface area (TPSA) is 95.0 Å². The van der Waals surface area contributed by atoms with E-state index < -0.39 is 35.9 Å². The first-order valence-electron chi connectivity index (χ1n) is 9.63. The van der Waals surface area contributed by atoms with Gasteiger partial charge in [-0.1, -0.05) is 0 Å². The van der Waals surface area contributed by atoms with Gasteiger partial charge in [-0.05, 0) is 6.07 Å². The zero-order chi connectivity index (χ0) is 23.4. The lowest BCUT2D eigenvalue weighted by Crippen LogP contribution is -2.33. The van der Waals surface area contributed by atoms with Gasteiger partial charge in [0.25, 0.3) is 5.91 Å². The number of nitrogen functional groups attached to an aromatic ring is 1. The molecule has 0 saturated carbocycles. The van der Waals surface area contributed by atoms with Crippen LogP contribution in [0.25, 0.3) is 16.6 Å². The van der Waals surface area contributed by atoms with Crippen LogP contribution in [0, 0.1) is 11.6 Å². The van der Waals surface area contributed by atoms with Crippen molar-refractivity contribution in [3.63, 3.8) is 0 Å². The van der Waals surface area contributed by atoms with Gasteiger partial charge < -0.3 is 20.1 Å². The van der Waals surface area contributed by atoms with E-state index in [1.807, 2.05) is 0 Å². The van der Waals surface area contributed by atoms with Gasteiger partial charge in [0.15, 0.2) is 0 Å². The van der Waals surface area contributed by atoms with Crippen molar-refractivity contribution in [2.45, 2.75) is 12.7 Å². The maximum atomic E-state index is 14.9. The maximum Gasteiger partial charge on any atom is 0.387 e. The number of fused-ring (bicyclic) bond motifs is 4. The number of nitrogens with zero attached hydrogens (tertiary/aromatic N) is 4. The van der Waals surface area contributed by atoms with E-state index in [9.17, 15) is 22.4 Å². The molecule has 0 saturated heterocycles. The highest BCUT2D eigenvalue weighted by molar-refractivity contribution is 5.98. The number of amides is 1. The van der Waals surface area contributed by atoms with E-state index in [-0.39, 0.29) is 34.8 Å². The van der Waals surface area contributed by atoms with Crippen molar-refractivity contribution in [2.75, 3.05) is 19.4 Å². The number of likely N-dealkylation sites (N-methyl/N-ethyl adjacent to an activating group) is 1. The van der Waals surface area contributed by atoms with Crippen LogP contribution in [0.5, 0.6) is 11.5 Å². The fourth-order valence-corrected chi connectivity index (χ4v) is 3.93. The quantitative estimate of drug-likeness (QED) is 0.467. The van der Waals surface area contributed by atoms with Gasteiger partial charge in [0, 0.05) is 25.2 Å². The van der Waals surface area contributed by atoms with Crippen LogP contribution in [0.4, 0.5) is 23.4 Å². The first-order valence-corrected chi connectivity index (χ1v) is 9.63. The number of hydrogen-bond donors (Lipinski definition) is 1. The fraction of sp³-hybridized carbons (Fsp3) is 0.190. The van der Waals surface area contributed by atoms with Gasteiger partial charge in [-0.2, -0.15) is 8.78 Å². The zero-order valence-corrected chi connectivity index (χ0v) is 16.9. The smallest absolute Gasteiger partial charge is 0.387 e. The summed E-state index contributed by atoms with van der Waals surface area (Å²) in [5.74, 6) is -2.76. The number of rotatable bonds is 4. The lowest BCUT2D eigenvalue weighted by atomic mass is 10.0. The van der Waals surface area contributed by atoms with Gasteiger partial charge in [0.05, 0.1) is 40.7 Å². The summed E-state index contributed by atoms with van der Waals surface area (Å²) >= 11 is 0. The number of anilines is 1. The molecule has 33 heavy (non-hydrogen) atoms. The Morgan fingerprint density at radius 3 is 2.79 bits per heavy atom. The van der Waals surface area contributed by atoms with Crippen molar-refractivity contribution in [3.05, 3.63) is 59.6 Å². The van der Waals surface area contributed by atoms with E-state index in [1.165, 1.54) is 25.6 Å². The average Bonchev–Trinajstić information content (AvgIpc) is 3.40. The number of halogens is 4. The Kier molecular flexibility index (Phi) is 4.73. The highest BCUT2D eigenvalue weighted by atomic mass is 19.3. The number of carbonyl (C=O) groups is 1. The number of aromatic nitrogens is 3. The summed E-state index contributed by atoms with van der Waals surface area (Å²) in [7, 11) is 1.37. The summed E-state index contributed by atoms with van der Waals surface area (Å²) < 4.78 is 65.7. The number of carbonyl (C=O) groups excluding carboxylic acids is 1. The number of benzene rings is 2. The van der Waals surface area contributed by atoms with Crippen LogP contribution < -0.4 is 15.2 Å². The van der Waals surface area contributed by atoms with Gasteiger partial charge in [0.1, 0.15) is 41.1 Å². The molecule has 0 unspecified atom stereocenters. The third kappa shape index (κ3) is 3.34. The monoisotopic (exact) mass is 461 g/mol. The first-order chi connectivity index (χ1) is 15.7. The summed E-state index contributed by atoms with van der Waals surface area (Å²) in [6.07, 6.45) is 2.95. The standard InChI is InChI=1S/C21H15F4N5O3/c1-29(16-7-32-17-3-9(33-21(24)25)2-12(23)18(16)17)20(31)10-4-14-13(5-11(10)22)28-19(26)15-6-27-8-30(14)15/h2-6,8,16,21H,7H2,1H3,(H2,26,28)/t16-/m1/s1. The zero-order valence-electron chi connectivity index (χ0n) is 16.9. The lowest BCUT2D eigenvalue weighted by Gasteiger charge is -2.24. The van der Waals surface area contributed by atoms with Gasteiger partial charge in [-0.15, -0.1) is 0 Å². The van der Waals surface area contributed by atoms with Gasteiger partial charge >= 0.3 is 6.61 Å². The second kappa shape index (κ2) is 7.50. The molecule has 2 aromatic carbocycles. The molecule has 0 radical (unpaired) electrons. The normalized spacial score (nSPS) is 15.2. The van der Waals surface area contributed by atoms with Crippen molar-refractivity contribution in [1.82, 2.24) is 19.3 Å². The van der Waals surface area contributed by atoms with Gasteiger partial charge in [-0.3, -0.25) is 9.20 Å². The number of ether oxygens (including phenoxy) is 2. The minimum atomic E-state index is -3.13. The molecule has 0 aliphatic carbocycles. The summed E-state index contributed by atoms with van der Waals surface area (Å²) in [5.41, 5.74) is 6.69. The highest BCUT2D eigenvalue weighted by Gasteiger charge is 2.35. The molecule has 170 valence electrons.